The van der Waals surface area contributed by atoms with Crippen molar-refractivity contribution in [2.75, 3.05) is 18.6 Å². The number of nitro groups is 1. The highest BCUT2D eigenvalue weighted by Crippen LogP contribution is 2.56. The lowest BCUT2D eigenvalue weighted by Gasteiger charge is -2.53. The maximum atomic E-state index is 13.3. The normalized spacial score (nSPS) is 25.1. The lowest BCUT2D eigenvalue weighted by atomic mass is 10.2. The van der Waals surface area contributed by atoms with Crippen LogP contribution < -0.4 is 5.32 Å². The van der Waals surface area contributed by atoms with Crippen LogP contribution in [0.25, 0.3) is 0 Å². The molecule has 4 heterocycles. The summed E-state index contributed by atoms with van der Waals surface area (Å²) in [6.07, 6.45) is 0.918. The predicted molar refractivity (Wildman–Crippen MR) is 142 cm³/mol. The number of ether oxygens (including phenoxy) is 1. The van der Waals surface area contributed by atoms with E-state index in [1.165, 1.54) is 18.5 Å². The van der Waals surface area contributed by atoms with Crippen molar-refractivity contribution in [2.45, 2.75) is 81.4 Å². The fourth-order valence-electron chi connectivity index (χ4n) is 5.89. The highest BCUT2D eigenvalue weighted by atomic mass is 32.2. The van der Waals surface area contributed by atoms with Crippen molar-refractivity contribution in [2.24, 2.45) is 0 Å². The van der Waals surface area contributed by atoms with Crippen LogP contribution in [0.2, 0.25) is 10.1 Å². The number of imidazole rings is 1. The van der Waals surface area contributed by atoms with Gasteiger partial charge in [0.2, 0.25) is 0 Å². The third-order valence-electron chi connectivity index (χ3n) is 7.48. The van der Waals surface area contributed by atoms with Gasteiger partial charge in [-0.2, -0.15) is 0 Å². The molecule has 5 rings (SSSR count). The van der Waals surface area contributed by atoms with E-state index in [1.54, 1.807) is 4.57 Å². The van der Waals surface area contributed by atoms with Gasteiger partial charge in [-0.1, -0.05) is 53.7 Å². The smallest absolute Gasteiger partial charge is 0.349 e. The second-order valence-electron chi connectivity index (χ2n) is 12.0. The molecule has 0 radical (unpaired) electrons. The molecular weight excluding hydrogens is 546 g/mol. The third-order valence-corrected chi connectivity index (χ3v) is 14.4. The van der Waals surface area contributed by atoms with Gasteiger partial charge in [0.25, 0.3) is 21.6 Å². The summed E-state index contributed by atoms with van der Waals surface area (Å²) in [6, 6.07) is 4.90. The third kappa shape index (κ3) is 4.27. The Bertz CT molecular complexity index is 1420. The second-order valence-corrected chi connectivity index (χ2v) is 18.6. The number of hydrogen-bond acceptors (Lipinski definition) is 10. The molecule has 2 aromatic rings. The summed E-state index contributed by atoms with van der Waals surface area (Å²) >= 11 is 0. The van der Waals surface area contributed by atoms with Crippen LogP contribution in [0.1, 0.15) is 64.7 Å². The summed E-state index contributed by atoms with van der Waals surface area (Å²) in [6.45, 7) is 12.8. The number of benzene rings is 1. The van der Waals surface area contributed by atoms with Crippen molar-refractivity contribution in [1.29, 1.82) is 0 Å². The molecule has 0 aliphatic carbocycles. The first kappa shape index (κ1) is 27.7. The summed E-state index contributed by atoms with van der Waals surface area (Å²) < 4.78 is 48.3. The number of anilines is 1. The Balaban J connectivity index is 1.39. The van der Waals surface area contributed by atoms with Crippen molar-refractivity contribution in [3.8, 4) is 0 Å². The number of carbonyl (C=O) groups excluding carboxylic acids is 1. The second kappa shape index (κ2) is 9.09. The summed E-state index contributed by atoms with van der Waals surface area (Å²) in [5, 5.41) is 14.0. The Morgan fingerprint density at radius 1 is 1.13 bits per heavy atom. The highest BCUT2D eigenvalue weighted by Gasteiger charge is 2.63. The minimum Gasteiger partial charge on any atom is -0.391 e. The first-order valence-electron chi connectivity index (χ1n) is 12.7. The van der Waals surface area contributed by atoms with Crippen molar-refractivity contribution in [3.63, 3.8) is 0 Å². The van der Waals surface area contributed by atoms with E-state index in [1.807, 2.05) is 0 Å². The van der Waals surface area contributed by atoms with E-state index >= 15 is 0 Å². The number of nitrogens with zero attached hydrogens (tertiary/aromatic N) is 4. The average Bonchev–Trinajstić information content (AvgIpc) is 3.46. The number of para-hydroxylation sites is 1. The number of amides is 1. The number of fused-ring (bicyclic) bond motifs is 2. The number of rotatable bonds is 4. The van der Waals surface area contributed by atoms with Crippen molar-refractivity contribution in [1.82, 2.24) is 13.9 Å². The van der Waals surface area contributed by atoms with Gasteiger partial charge >= 0.3 is 8.56 Å². The zero-order valence-corrected chi connectivity index (χ0v) is 24.5. The van der Waals surface area contributed by atoms with Gasteiger partial charge in [0.05, 0.1) is 24.0 Å². The van der Waals surface area contributed by atoms with E-state index in [-0.39, 0.29) is 28.0 Å². The molecular formula is C24H33N5O8SSi. The van der Waals surface area contributed by atoms with E-state index in [0.717, 1.165) is 12.1 Å². The van der Waals surface area contributed by atoms with Crippen LogP contribution in [0.15, 0.2) is 35.5 Å². The van der Waals surface area contributed by atoms with E-state index in [2.05, 4.69) is 51.8 Å². The average molecular weight is 580 g/mol. The van der Waals surface area contributed by atoms with Crippen molar-refractivity contribution >= 4 is 36.0 Å². The van der Waals surface area contributed by atoms with Crippen molar-refractivity contribution < 1.29 is 31.7 Å². The van der Waals surface area contributed by atoms with Gasteiger partial charge in [0.15, 0.2) is 10.6 Å². The van der Waals surface area contributed by atoms with Gasteiger partial charge in [-0.3, -0.25) is 19.5 Å². The lowest BCUT2D eigenvalue weighted by Crippen LogP contribution is -2.64. The van der Waals surface area contributed by atoms with Crippen LogP contribution in [0, 0.1) is 10.1 Å². The van der Waals surface area contributed by atoms with Gasteiger partial charge in [0, 0.05) is 22.6 Å². The molecule has 3 aliphatic rings. The SMILES string of the molecule is CC(C)(C)[Si]1(C(C)(C)C)OC[C@H]2O[C@@H](n3cnc4c3NCN(S(=O)(=O)c3ccccc3[N+](=O)[O-])C4=O)C[C@@H]2O1. The molecule has 1 amide bonds. The minimum absolute atomic E-state index is 0.118. The Labute approximate surface area is 227 Å². The molecule has 3 atom stereocenters. The van der Waals surface area contributed by atoms with E-state index < -0.39 is 52.9 Å². The summed E-state index contributed by atoms with van der Waals surface area (Å²) in [5.41, 5.74) is -0.733. The Morgan fingerprint density at radius 3 is 2.44 bits per heavy atom. The van der Waals surface area contributed by atoms with Crippen molar-refractivity contribution in [3.05, 3.63) is 46.4 Å². The maximum absolute atomic E-state index is 13.3. The Kier molecular flexibility index (Phi) is 6.46. The van der Waals surface area contributed by atoms with Gasteiger partial charge in [-0.15, -0.1) is 0 Å². The van der Waals surface area contributed by atoms with Crippen LogP contribution in [-0.2, 0) is 23.6 Å². The monoisotopic (exact) mass is 579 g/mol. The number of nitro benzene ring substituents is 1. The van der Waals surface area contributed by atoms with Gasteiger partial charge in [0.1, 0.15) is 24.8 Å². The largest absolute Gasteiger partial charge is 0.391 e. The van der Waals surface area contributed by atoms with Crippen LogP contribution in [0.5, 0.6) is 0 Å². The first-order chi connectivity index (χ1) is 18.1. The lowest BCUT2D eigenvalue weighted by molar-refractivity contribution is -0.387. The topological polar surface area (TPSA) is 155 Å². The number of aromatic nitrogens is 2. The highest BCUT2D eigenvalue weighted by molar-refractivity contribution is 7.89. The maximum Gasteiger partial charge on any atom is 0.349 e. The number of carbonyl (C=O) groups is 1. The van der Waals surface area contributed by atoms with Crippen LogP contribution in [-0.4, -0.2) is 67.1 Å². The van der Waals surface area contributed by atoms with Gasteiger partial charge in [-0.25, -0.2) is 17.7 Å². The molecule has 1 aromatic heterocycles. The van der Waals surface area contributed by atoms with Gasteiger partial charge < -0.3 is 18.9 Å². The molecule has 39 heavy (non-hydrogen) atoms. The molecule has 0 bridgehead atoms. The molecule has 1 aromatic carbocycles. The van der Waals surface area contributed by atoms with E-state index in [4.69, 9.17) is 13.6 Å². The molecule has 3 aliphatic heterocycles. The molecule has 0 saturated carbocycles. The number of nitrogens with one attached hydrogen (secondary N) is 1. The molecule has 0 spiro atoms. The fourth-order valence-corrected chi connectivity index (χ4v) is 12.3. The van der Waals surface area contributed by atoms with E-state index in [9.17, 15) is 23.3 Å². The number of sulfonamides is 1. The molecule has 15 heteroatoms. The Morgan fingerprint density at radius 2 is 1.79 bits per heavy atom. The van der Waals surface area contributed by atoms with Gasteiger partial charge in [-0.05, 0) is 6.07 Å². The van der Waals surface area contributed by atoms with E-state index in [0.29, 0.717) is 23.2 Å². The molecule has 2 saturated heterocycles. The molecule has 2 fully saturated rings. The quantitative estimate of drug-likeness (QED) is 0.322. The molecule has 212 valence electrons. The standard InChI is InChI=1S/C24H33N5O8SSi/c1-23(2,3)39(24(4,5)6)35-12-17-16(37-39)11-19(36-17)27-13-25-20-21(27)26-14-28(22(20)30)38(33,34)18-10-8-7-9-15(18)29(31)32/h7-10,13,16-17,19,26H,11-12,14H2,1-6H3/t16-,17+,19+/m0/s1. The van der Waals surface area contributed by atoms with Crippen LogP contribution in [0.3, 0.4) is 0 Å². The molecule has 0 unspecified atom stereocenters. The Hall–Kier alpha value is -2.85. The zero-order chi connectivity index (χ0) is 28.5. The summed E-state index contributed by atoms with van der Waals surface area (Å²) in [4.78, 5) is 27.5. The first-order valence-corrected chi connectivity index (χ1v) is 15.9. The van der Waals surface area contributed by atoms with Crippen LogP contribution in [0.4, 0.5) is 11.5 Å². The van der Waals surface area contributed by atoms with Crippen LogP contribution >= 0.6 is 0 Å². The summed E-state index contributed by atoms with van der Waals surface area (Å²) in [5.74, 6) is -0.573. The fraction of sp³-hybridized carbons (Fsp3) is 0.583. The number of hydrogen-bond donors (Lipinski definition) is 1. The summed E-state index contributed by atoms with van der Waals surface area (Å²) in [7, 11) is -7.23. The molecule has 1 N–H and O–H groups in total. The zero-order valence-electron chi connectivity index (χ0n) is 22.7. The molecule has 13 nitrogen and oxygen atoms in total. The minimum atomic E-state index is -4.53. The predicted octanol–water partition coefficient (Wildman–Crippen LogP) is 3.75.